The summed E-state index contributed by atoms with van der Waals surface area (Å²) in [4.78, 5) is 13.8. The van der Waals surface area contributed by atoms with Gasteiger partial charge in [0, 0.05) is 19.5 Å². The molecule has 0 aromatic heterocycles. The van der Waals surface area contributed by atoms with Crippen LogP contribution < -0.4 is 5.32 Å². The number of nitrogens with one attached hydrogen (secondary N) is 1. The number of hydrogen-bond acceptors (Lipinski definition) is 2. The van der Waals surface area contributed by atoms with Crippen molar-refractivity contribution in [2.24, 2.45) is 17.8 Å². The molecule has 0 saturated heterocycles. The Morgan fingerprint density at radius 1 is 1.12 bits per heavy atom. The van der Waals surface area contributed by atoms with Gasteiger partial charge in [-0.1, -0.05) is 27.7 Å². The molecular formula is C13H28N2O. The van der Waals surface area contributed by atoms with Crippen LogP contribution in [0.25, 0.3) is 0 Å². The van der Waals surface area contributed by atoms with Crippen molar-refractivity contribution in [2.75, 3.05) is 27.2 Å². The summed E-state index contributed by atoms with van der Waals surface area (Å²) in [5.74, 6) is 1.81. The van der Waals surface area contributed by atoms with Gasteiger partial charge in [0.2, 0.25) is 5.91 Å². The lowest BCUT2D eigenvalue weighted by atomic mass is 9.83. The largest absolute Gasteiger partial charge is 0.355 e. The van der Waals surface area contributed by atoms with E-state index in [-0.39, 0.29) is 5.91 Å². The van der Waals surface area contributed by atoms with Crippen LogP contribution in [0.5, 0.6) is 0 Å². The maximum Gasteiger partial charge on any atom is 0.220 e. The molecule has 0 aliphatic carbocycles. The van der Waals surface area contributed by atoms with E-state index in [1.807, 2.05) is 14.1 Å². The minimum atomic E-state index is 0.189. The highest BCUT2D eigenvalue weighted by molar-refractivity contribution is 5.76. The van der Waals surface area contributed by atoms with E-state index in [4.69, 9.17) is 0 Å². The van der Waals surface area contributed by atoms with Crippen molar-refractivity contribution in [3.63, 3.8) is 0 Å². The maximum atomic E-state index is 11.7. The average Bonchev–Trinajstić information content (AvgIpc) is 2.12. The summed E-state index contributed by atoms with van der Waals surface area (Å²) >= 11 is 0. The molecule has 0 aromatic rings. The second-order valence-corrected chi connectivity index (χ2v) is 5.51. The molecule has 0 saturated carbocycles. The van der Waals surface area contributed by atoms with E-state index in [0.29, 0.717) is 24.2 Å². The molecule has 3 heteroatoms. The van der Waals surface area contributed by atoms with Gasteiger partial charge in [0.25, 0.3) is 0 Å². The molecule has 0 atom stereocenters. The van der Waals surface area contributed by atoms with Crippen LogP contribution in [0, 0.1) is 17.8 Å². The van der Waals surface area contributed by atoms with Gasteiger partial charge >= 0.3 is 0 Å². The minimum Gasteiger partial charge on any atom is -0.355 e. The molecule has 0 bridgehead atoms. The lowest BCUT2D eigenvalue weighted by Gasteiger charge is -2.24. The molecule has 0 aliphatic heterocycles. The number of carbonyl (C=O) groups is 1. The van der Waals surface area contributed by atoms with Crippen LogP contribution in [0.2, 0.25) is 0 Å². The first-order valence-electron chi connectivity index (χ1n) is 6.26. The number of amides is 1. The summed E-state index contributed by atoms with van der Waals surface area (Å²) in [6.07, 6.45) is 0.656. The third-order valence-electron chi connectivity index (χ3n) is 3.01. The predicted octanol–water partition coefficient (Wildman–Crippen LogP) is 1.98. The summed E-state index contributed by atoms with van der Waals surface area (Å²) in [5, 5.41) is 2.97. The average molecular weight is 228 g/mol. The second-order valence-electron chi connectivity index (χ2n) is 5.51. The molecular weight excluding hydrogens is 200 g/mol. The highest BCUT2D eigenvalue weighted by atomic mass is 16.1. The smallest absolute Gasteiger partial charge is 0.220 e. The zero-order chi connectivity index (χ0) is 12.7. The Hall–Kier alpha value is -0.570. The normalized spacial score (nSPS) is 11.9. The fourth-order valence-electron chi connectivity index (χ4n) is 1.95. The predicted molar refractivity (Wildman–Crippen MR) is 69.3 cm³/mol. The van der Waals surface area contributed by atoms with Crippen LogP contribution in [-0.2, 0) is 4.79 Å². The van der Waals surface area contributed by atoms with E-state index in [1.54, 1.807) is 0 Å². The zero-order valence-electron chi connectivity index (χ0n) is 11.7. The van der Waals surface area contributed by atoms with Gasteiger partial charge in [-0.3, -0.25) is 4.79 Å². The number of rotatable bonds is 7. The summed E-state index contributed by atoms with van der Waals surface area (Å²) in [6, 6.07) is 0. The standard InChI is InChI=1S/C13H28N2O/c1-10(2)12(11(3)4)9-13(16)14-7-8-15(5)6/h10-12H,7-9H2,1-6H3,(H,14,16). The van der Waals surface area contributed by atoms with Crippen LogP contribution in [-0.4, -0.2) is 38.0 Å². The quantitative estimate of drug-likeness (QED) is 0.722. The Morgan fingerprint density at radius 3 is 2.00 bits per heavy atom. The molecule has 0 spiro atoms. The highest BCUT2D eigenvalue weighted by Crippen LogP contribution is 2.23. The van der Waals surface area contributed by atoms with E-state index in [1.165, 1.54) is 0 Å². The van der Waals surface area contributed by atoms with Crippen LogP contribution >= 0.6 is 0 Å². The molecule has 1 amide bonds. The molecule has 96 valence electrons. The summed E-state index contributed by atoms with van der Waals surface area (Å²) in [6.45, 7) is 10.4. The Bertz CT molecular complexity index is 192. The molecule has 3 nitrogen and oxygen atoms in total. The van der Waals surface area contributed by atoms with Gasteiger partial charge in [-0.2, -0.15) is 0 Å². The molecule has 0 radical (unpaired) electrons. The van der Waals surface area contributed by atoms with Gasteiger partial charge in [0.15, 0.2) is 0 Å². The van der Waals surface area contributed by atoms with E-state index in [0.717, 1.165) is 13.1 Å². The van der Waals surface area contributed by atoms with Crippen molar-refractivity contribution in [1.29, 1.82) is 0 Å². The Balaban J connectivity index is 3.92. The van der Waals surface area contributed by atoms with Gasteiger partial charge in [-0.25, -0.2) is 0 Å². The molecule has 0 aromatic carbocycles. The van der Waals surface area contributed by atoms with Crippen molar-refractivity contribution in [2.45, 2.75) is 34.1 Å². The molecule has 16 heavy (non-hydrogen) atoms. The molecule has 1 N–H and O–H groups in total. The number of carbonyl (C=O) groups excluding carboxylic acids is 1. The fraction of sp³-hybridized carbons (Fsp3) is 0.923. The Morgan fingerprint density at radius 2 is 1.62 bits per heavy atom. The molecule has 0 fully saturated rings. The summed E-state index contributed by atoms with van der Waals surface area (Å²) in [7, 11) is 4.02. The van der Waals surface area contributed by atoms with Gasteiger partial charge in [0.05, 0.1) is 0 Å². The SMILES string of the molecule is CC(C)C(CC(=O)NCCN(C)C)C(C)C. The monoisotopic (exact) mass is 228 g/mol. The van der Waals surface area contributed by atoms with Crippen molar-refractivity contribution >= 4 is 5.91 Å². The van der Waals surface area contributed by atoms with Crippen LogP contribution in [0.1, 0.15) is 34.1 Å². The molecule has 0 unspecified atom stereocenters. The Labute approximate surface area is 101 Å². The fourth-order valence-corrected chi connectivity index (χ4v) is 1.95. The Kier molecular flexibility index (Phi) is 7.39. The van der Waals surface area contributed by atoms with Gasteiger partial charge in [0.1, 0.15) is 0 Å². The third kappa shape index (κ3) is 6.83. The van der Waals surface area contributed by atoms with Crippen molar-refractivity contribution < 1.29 is 4.79 Å². The van der Waals surface area contributed by atoms with Crippen LogP contribution in [0.4, 0.5) is 0 Å². The first-order chi connectivity index (χ1) is 7.34. The van der Waals surface area contributed by atoms with E-state index in [2.05, 4.69) is 37.9 Å². The van der Waals surface area contributed by atoms with Crippen molar-refractivity contribution in [1.82, 2.24) is 10.2 Å². The topological polar surface area (TPSA) is 32.3 Å². The van der Waals surface area contributed by atoms with Crippen molar-refractivity contribution in [3.8, 4) is 0 Å². The summed E-state index contributed by atoms with van der Waals surface area (Å²) < 4.78 is 0. The first kappa shape index (κ1) is 15.4. The first-order valence-corrected chi connectivity index (χ1v) is 6.26. The van der Waals surface area contributed by atoms with Crippen LogP contribution in [0.3, 0.4) is 0 Å². The summed E-state index contributed by atoms with van der Waals surface area (Å²) in [5.41, 5.74) is 0. The second kappa shape index (κ2) is 7.66. The maximum absolute atomic E-state index is 11.7. The van der Waals surface area contributed by atoms with Gasteiger partial charge < -0.3 is 10.2 Å². The highest BCUT2D eigenvalue weighted by Gasteiger charge is 2.20. The van der Waals surface area contributed by atoms with E-state index in [9.17, 15) is 4.79 Å². The van der Waals surface area contributed by atoms with E-state index < -0.39 is 0 Å². The third-order valence-corrected chi connectivity index (χ3v) is 3.01. The zero-order valence-corrected chi connectivity index (χ0v) is 11.7. The minimum absolute atomic E-state index is 0.189. The van der Waals surface area contributed by atoms with Gasteiger partial charge in [-0.05, 0) is 31.8 Å². The van der Waals surface area contributed by atoms with E-state index >= 15 is 0 Å². The molecule has 0 aliphatic rings. The molecule has 0 rings (SSSR count). The number of hydrogen-bond donors (Lipinski definition) is 1. The number of likely N-dealkylation sites (N-methyl/N-ethyl adjacent to an activating group) is 1. The lowest BCUT2D eigenvalue weighted by molar-refractivity contribution is -0.122. The molecule has 0 heterocycles. The number of nitrogens with zero attached hydrogens (tertiary/aromatic N) is 1. The van der Waals surface area contributed by atoms with Gasteiger partial charge in [-0.15, -0.1) is 0 Å². The lowest BCUT2D eigenvalue weighted by Crippen LogP contribution is -2.33. The van der Waals surface area contributed by atoms with Crippen molar-refractivity contribution in [3.05, 3.63) is 0 Å². The van der Waals surface area contributed by atoms with Crippen LogP contribution in [0.15, 0.2) is 0 Å².